The number of hydrogen-bond donors (Lipinski definition) is 0. The summed E-state index contributed by atoms with van der Waals surface area (Å²) in [6, 6.07) is 20.8. The monoisotopic (exact) mass is 542 g/mol. The van der Waals surface area contributed by atoms with Gasteiger partial charge in [0, 0.05) is 37.4 Å². The Morgan fingerprint density at radius 2 is 1.61 bits per heavy atom. The average molecular weight is 542 g/mol. The minimum Gasteiger partial charge on any atom is -0.333 e. The number of benzene rings is 3. The summed E-state index contributed by atoms with van der Waals surface area (Å²) in [4.78, 5) is 4.84. The number of aromatic nitrogens is 2. The number of rotatable bonds is 1. The van der Waals surface area contributed by atoms with Gasteiger partial charge in [0.05, 0.1) is 11.3 Å². The first kappa shape index (κ1) is 18.9. The van der Waals surface area contributed by atoms with Crippen LogP contribution in [0, 0.1) is 33.8 Å². The molecule has 0 spiro atoms. The average Bonchev–Trinajstić information content (AvgIpc) is 3.06. The van der Waals surface area contributed by atoms with E-state index in [0.717, 1.165) is 16.7 Å². The standard InChI is InChI=1S/C25H21N2.Ir/c1-15-9-10-20-19-7-5-6-8-21(19)25-26-14-23(27(25)22(20)13-15)24-17(3)11-16(2)12-18(24)4;/h5-7,9-14H,1-4H3;/q-1;. The van der Waals surface area contributed by atoms with E-state index in [1.54, 1.807) is 0 Å². The molecule has 28 heavy (non-hydrogen) atoms. The van der Waals surface area contributed by atoms with Crippen molar-refractivity contribution in [2.45, 2.75) is 27.7 Å². The van der Waals surface area contributed by atoms with E-state index in [4.69, 9.17) is 4.98 Å². The summed E-state index contributed by atoms with van der Waals surface area (Å²) in [5.41, 5.74) is 9.70. The van der Waals surface area contributed by atoms with Gasteiger partial charge in [0.15, 0.2) is 0 Å². The number of hydrogen-bond acceptors (Lipinski definition) is 1. The Hall–Kier alpha value is -2.48. The van der Waals surface area contributed by atoms with Crippen molar-refractivity contribution in [3.05, 3.63) is 83.0 Å². The first-order valence-electron chi connectivity index (χ1n) is 9.33. The Labute approximate surface area is 178 Å². The van der Waals surface area contributed by atoms with Crippen LogP contribution in [0.25, 0.3) is 38.6 Å². The third-order valence-electron chi connectivity index (χ3n) is 5.46. The Bertz CT molecular complexity index is 1340. The summed E-state index contributed by atoms with van der Waals surface area (Å²) in [6.07, 6.45) is 2.02. The molecule has 2 heterocycles. The van der Waals surface area contributed by atoms with Crippen molar-refractivity contribution in [1.82, 2.24) is 9.38 Å². The second-order valence-corrected chi connectivity index (χ2v) is 7.56. The third kappa shape index (κ3) is 2.70. The van der Waals surface area contributed by atoms with E-state index in [-0.39, 0.29) is 20.1 Å². The molecule has 0 aliphatic heterocycles. The van der Waals surface area contributed by atoms with Crippen LogP contribution < -0.4 is 0 Å². The van der Waals surface area contributed by atoms with Crippen LogP contribution in [-0.2, 0) is 20.1 Å². The summed E-state index contributed by atoms with van der Waals surface area (Å²) < 4.78 is 2.31. The molecule has 0 atom stereocenters. The Morgan fingerprint density at radius 3 is 2.36 bits per heavy atom. The van der Waals surface area contributed by atoms with E-state index >= 15 is 0 Å². The third-order valence-corrected chi connectivity index (χ3v) is 5.46. The van der Waals surface area contributed by atoms with Gasteiger partial charge >= 0.3 is 0 Å². The minimum atomic E-state index is 0. The van der Waals surface area contributed by atoms with Gasteiger partial charge in [-0.3, -0.25) is 4.98 Å². The maximum absolute atomic E-state index is 4.84. The van der Waals surface area contributed by atoms with Gasteiger partial charge in [0.2, 0.25) is 0 Å². The number of pyridine rings is 1. The molecule has 0 aliphatic carbocycles. The van der Waals surface area contributed by atoms with Crippen molar-refractivity contribution in [2.75, 3.05) is 0 Å². The van der Waals surface area contributed by atoms with Crippen molar-refractivity contribution >= 4 is 27.3 Å². The van der Waals surface area contributed by atoms with E-state index in [0.29, 0.717) is 0 Å². The number of nitrogens with zero attached hydrogens (tertiary/aromatic N) is 2. The zero-order chi connectivity index (χ0) is 18.7. The van der Waals surface area contributed by atoms with Gasteiger partial charge in [-0.25, -0.2) is 0 Å². The van der Waals surface area contributed by atoms with Crippen LogP contribution in [0.3, 0.4) is 0 Å². The van der Waals surface area contributed by atoms with E-state index in [9.17, 15) is 0 Å². The van der Waals surface area contributed by atoms with Crippen LogP contribution in [0.2, 0.25) is 0 Å². The molecule has 0 saturated carbocycles. The van der Waals surface area contributed by atoms with Crippen LogP contribution in [0.1, 0.15) is 22.3 Å². The molecule has 5 aromatic rings. The minimum absolute atomic E-state index is 0. The summed E-state index contributed by atoms with van der Waals surface area (Å²) in [7, 11) is 0. The molecule has 5 rings (SSSR count). The molecule has 0 amide bonds. The maximum atomic E-state index is 4.84. The van der Waals surface area contributed by atoms with E-state index < -0.39 is 0 Å². The second-order valence-electron chi connectivity index (χ2n) is 7.56. The van der Waals surface area contributed by atoms with Crippen molar-refractivity contribution in [3.63, 3.8) is 0 Å². The molecule has 3 aromatic carbocycles. The van der Waals surface area contributed by atoms with Crippen LogP contribution in [0.4, 0.5) is 0 Å². The van der Waals surface area contributed by atoms with Gasteiger partial charge in [-0.05, 0) is 55.8 Å². The smallest absolute Gasteiger partial charge is 0.0639 e. The van der Waals surface area contributed by atoms with Gasteiger partial charge in [0.1, 0.15) is 0 Å². The molecule has 0 fully saturated rings. The van der Waals surface area contributed by atoms with Gasteiger partial charge in [-0.15, -0.1) is 29.7 Å². The van der Waals surface area contributed by atoms with E-state index in [2.05, 4.69) is 80.6 Å². The zero-order valence-electron chi connectivity index (χ0n) is 16.4. The Balaban J connectivity index is 0.00000192. The van der Waals surface area contributed by atoms with Crippen LogP contribution in [0.15, 0.2) is 54.7 Å². The van der Waals surface area contributed by atoms with Crippen LogP contribution in [-0.4, -0.2) is 9.38 Å². The number of imidazole rings is 1. The number of aryl methyl sites for hydroxylation is 4. The SMILES string of the molecule is Cc1cc(C)c(-c2cnc3c4[c-]cccc4c4ccc(C)cc4n23)c(C)c1.[Ir]. The molecular weight excluding hydrogens is 521 g/mol. The van der Waals surface area contributed by atoms with Gasteiger partial charge in [-0.1, -0.05) is 35.2 Å². The summed E-state index contributed by atoms with van der Waals surface area (Å²) in [5, 5.41) is 3.51. The van der Waals surface area contributed by atoms with Gasteiger partial charge in [-0.2, -0.15) is 0 Å². The van der Waals surface area contributed by atoms with Crippen LogP contribution >= 0.6 is 0 Å². The molecule has 2 aromatic heterocycles. The molecule has 141 valence electrons. The quantitative estimate of drug-likeness (QED) is 0.179. The fourth-order valence-electron chi connectivity index (χ4n) is 4.43. The molecule has 3 heteroatoms. The van der Waals surface area contributed by atoms with Crippen molar-refractivity contribution < 1.29 is 20.1 Å². The summed E-state index contributed by atoms with van der Waals surface area (Å²) >= 11 is 0. The van der Waals surface area contributed by atoms with Crippen molar-refractivity contribution in [3.8, 4) is 11.3 Å². The topological polar surface area (TPSA) is 17.3 Å². The first-order chi connectivity index (χ1) is 13.0. The summed E-state index contributed by atoms with van der Waals surface area (Å²) in [5.74, 6) is 0. The fourth-order valence-corrected chi connectivity index (χ4v) is 4.43. The zero-order valence-corrected chi connectivity index (χ0v) is 18.8. The molecule has 1 radical (unpaired) electrons. The molecule has 0 aliphatic rings. The van der Waals surface area contributed by atoms with Crippen molar-refractivity contribution in [1.29, 1.82) is 0 Å². The molecule has 0 N–H and O–H groups in total. The van der Waals surface area contributed by atoms with Crippen molar-refractivity contribution in [2.24, 2.45) is 0 Å². The Kier molecular flexibility index (Phi) is 4.61. The molecule has 0 saturated heterocycles. The molecule has 0 bridgehead atoms. The van der Waals surface area contributed by atoms with E-state index in [1.165, 1.54) is 44.1 Å². The first-order valence-corrected chi connectivity index (χ1v) is 9.33. The predicted molar refractivity (Wildman–Crippen MR) is 113 cm³/mol. The summed E-state index contributed by atoms with van der Waals surface area (Å²) in [6.45, 7) is 8.68. The molecular formula is C25H21IrN2-. The normalized spacial score (nSPS) is 11.3. The molecule has 2 nitrogen and oxygen atoms in total. The molecule has 0 unspecified atom stereocenters. The van der Waals surface area contributed by atoms with E-state index in [1.807, 2.05) is 12.3 Å². The van der Waals surface area contributed by atoms with Crippen LogP contribution in [0.5, 0.6) is 0 Å². The predicted octanol–water partition coefficient (Wildman–Crippen LogP) is 6.34. The largest absolute Gasteiger partial charge is 0.333 e. The fraction of sp³-hybridized carbons (Fsp3) is 0.160. The maximum Gasteiger partial charge on any atom is 0.0639 e. The van der Waals surface area contributed by atoms with Gasteiger partial charge in [0.25, 0.3) is 0 Å². The Morgan fingerprint density at radius 1 is 0.857 bits per heavy atom. The second kappa shape index (κ2) is 6.84. The number of fused-ring (bicyclic) bond motifs is 6. The van der Waals surface area contributed by atoms with Gasteiger partial charge < -0.3 is 4.40 Å².